The minimum Gasteiger partial charge on any atom is -0.360 e. The van der Waals surface area contributed by atoms with Crippen molar-refractivity contribution in [1.29, 1.82) is 0 Å². The summed E-state index contributed by atoms with van der Waals surface area (Å²) in [6.45, 7) is 0. The molecule has 1 aliphatic rings. The molecule has 0 spiro atoms. The van der Waals surface area contributed by atoms with E-state index in [9.17, 15) is 9.59 Å². The van der Waals surface area contributed by atoms with Gasteiger partial charge in [0.25, 0.3) is 5.91 Å². The maximum absolute atomic E-state index is 12.6. The van der Waals surface area contributed by atoms with Gasteiger partial charge in [0.15, 0.2) is 5.78 Å². The summed E-state index contributed by atoms with van der Waals surface area (Å²) in [5.74, 6) is -0.219. The smallest absolute Gasteiger partial charge is 0.255 e. The zero-order valence-electron chi connectivity index (χ0n) is 18.5. The van der Waals surface area contributed by atoms with Gasteiger partial charge in [-0.1, -0.05) is 83.9 Å². The number of carbonyl (C=O) groups excluding carboxylic acids is 2. The van der Waals surface area contributed by atoms with Crippen LogP contribution in [0.25, 0.3) is 0 Å². The fourth-order valence-corrected chi connectivity index (χ4v) is 4.53. The fourth-order valence-electron chi connectivity index (χ4n) is 4.01. The number of fused-ring (bicyclic) bond motifs is 1. The minimum atomic E-state index is -0.265. The maximum atomic E-state index is 12.6. The van der Waals surface area contributed by atoms with Gasteiger partial charge in [-0.2, -0.15) is 0 Å². The van der Waals surface area contributed by atoms with Gasteiger partial charge in [-0.25, -0.2) is 0 Å². The molecule has 3 N–H and O–H groups in total. The van der Waals surface area contributed by atoms with Crippen molar-refractivity contribution in [1.82, 2.24) is 0 Å². The van der Waals surface area contributed by atoms with Crippen LogP contribution in [-0.2, 0) is 6.42 Å². The van der Waals surface area contributed by atoms with Crippen molar-refractivity contribution in [3.63, 3.8) is 0 Å². The molecule has 7 heteroatoms. The Morgan fingerprint density at radius 2 is 1.49 bits per heavy atom. The third kappa shape index (κ3) is 4.87. The highest BCUT2D eigenvalue weighted by Crippen LogP contribution is 2.44. The van der Waals surface area contributed by atoms with Crippen LogP contribution in [-0.4, -0.2) is 11.7 Å². The molecule has 1 amide bonds. The molecule has 4 aromatic rings. The molecule has 0 saturated heterocycles. The molecule has 0 radical (unpaired) electrons. The lowest BCUT2D eigenvalue weighted by Crippen LogP contribution is -2.13. The van der Waals surface area contributed by atoms with Crippen LogP contribution in [0.3, 0.4) is 0 Å². The van der Waals surface area contributed by atoms with Gasteiger partial charge < -0.3 is 16.0 Å². The number of hydrogen-bond donors (Lipinski definition) is 3. The number of halogens is 2. The molecule has 174 valence electrons. The number of benzene rings is 4. The lowest BCUT2D eigenvalue weighted by molar-refractivity contribution is 0.0991. The molecule has 5 rings (SSSR count). The van der Waals surface area contributed by atoms with Gasteiger partial charge in [-0.3, -0.25) is 9.59 Å². The van der Waals surface area contributed by atoms with Crippen molar-refractivity contribution < 1.29 is 9.59 Å². The summed E-state index contributed by atoms with van der Waals surface area (Å²) in [6, 6.07) is 27.4. The number of hydrogen-bond acceptors (Lipinski definition) is 4. The standard InChI is InChI=1S/C28H21Cl2N3O2/c29-21-15-20(12-11-19(21)16-24(34)17-7-3-1-4-8-17)27-31-23-14-13-22(25(30)26(23)33-27)32-28(35)18-9-5-2-6-10-18/h1-15,27,31,33H,16H2,(H,32,35). The predicted molar refractivity (Wildman–Crippen MR) is 142 cm³/mol. The van der Waals surface area contributed by atoms with E-state index in [2.05, 4.69) is 16.0 Å². The van der Waals surface area contributed by atoms with Crippen molar-refractivity contribution in [2.24, 2.45) is 0 Å². The van der Waals surface area contributed by atoms with Crippen molar-refractivity contribution in [2.75, 3.05) is 16.0 Å². The van der Waals surface area contributed by atoms with Gasteiger partial charge in [0.2, 0.25) is 0 Å². The van der Waals surface area contributed by atoms with E-state index in [4.69, 9.17) is 23.2 Å². The number of carbonyl (C=O) groups is 2. The van der Waals surface area contributed by atoms with Gasteiger partial charge in [0, 0.05) is 22.6 Å². The van der Waals surface area contributed by atoms with Crippen LogP contribution in [0, 0.1) is 0 Å². The maximum Gasteiger partial charge on any atom is 0.255 e. The molecule has 1 heterocycles. The first-order valence-corrected chi connectivity index (χ1v) is 11.8. The summed E-state index contributed by atoms with van der Waals surface area (Å²) >= 11 is 13.2. The number of rotatable bonds is 6. The van der Waals surface area contributed by atoms with E-state index in [1.807, 2.05) is 60.7 Å². The molecule has 0 bridgehead atoms. The Kier molecular flexibility index (Phi) is 6.45. The highest BCUT2D eigenvalue weighted by molar-refractivity contribution is 6.37. The average Bonchev–Trinajstić information content (AvgIpc) is 3.33. The van der Waals surface area contributed by atoms with Crippen LogP contribution in [0.4, 0.5) is 17.1 Å². The number of amides is 1. The Bertz CT molecular complexity index is 1410. The fraction of sp³-hybridized carbons (Fsp3) is 0.0714. The van der Waals surface area contributed by atoms with E-state index in [0.717, 1.165) is 16.8 Å². The molecule has 1 atom stereocenters. The molecule has 1 unspecified atom stereocenters. The third-order valence-electron chi connectivity index (χ3n) is 5.87. The molecule has 0 fully saturated rings. The van der Waals surface area contributed by atoms with Crippen LogP contribution in [0.5, 0.6) is 0 Å². The topological polar surface area (TPSA) is 70.2 Å². The normalized spacial score (nSPS) is 13.9. The lowest BCUT2D eigenvalue weighted by Gasteiger charge is -2.15. The van der Waals surface area contributed by atoms with E-state index in [0.29, 0.717) is 32.5 Å². The van der Waals surface area contributed by atoms with Crippen molar-refractivity contribution in [2.45, 2.75) is 12.6 Å². The van der Waals surface area contributed by atoms with Crippen LogP contribution in [0.15, 0.2) is 91.0 Å². The molecule has 35 heavy (non-hydrogen) atoms. The molecule has 0 aromatic heterocycles. The molecule has 0 aliphatic carbocycles. The Labute approximate surface area is 213 Å². The van der Waals surface area contributed by atoms with Gasteiger partial charge in [0.1, 0.15) is 6.17 Å². The number of anilines is 3. The second kappa shape index (κ2) is 9.82. The van der Waals surface area contributed by atoms with Gasteiger partial charge in [0.05, 0.1) is 22.1 Å². The Balaban J connectivity index is 1.30. The molecular weight excluding hydrogens is 481 g/mol. The molecular formula is C28H21Cl2N3O2. The van der Waals surface area contributed by atoms with E-state index in [1.165, 1.54) is 0 Å². The van der Waals surface area contributed by atoms with Crippen LogP contribution in [0.2, 0.25) is 10.0 Å². The highest BCUT2D eigenvalue weighted by Gasteiger charge is 2.26. The minimum absolute atomic E-state index is 0.0154. The summed E-state index contributed by atoms with van der Waals surface area (Å²) in [4.78, 5) is 25.1. The summed E-state index contributed by atoms with van der Waals surface area (Å²) in [5.41, 5.74) is 4.90. The van der Waals surface area contributed by atoms with Crippen LogP contribution < -0.4 is 16.0 Å². The lowest BCUT2D eigenvalue weighted by atomic mass is 10.0. The zero-order valence-corrected chi connectivity index (χ0v) is 20.0. The number of Topliss-reactive ketones (excluding diaryl/α,β-unsaturated/α-hetero) is 1. The monoisotopic (exact) mass is 501 g/mol. The van der Waals surface area contributed by atoms with Crippen molar-refractivity contribution in [3.05, 3.63) is 123 Å². The van der Waals surface area contributed by atoms with E-state index >= 15 is 0 Å². The first-order valence-electron chi connectivity index (χ1n) is 11.1. The van der Waals surface area contributed by atoms with Gasteiger partial charge in [-0.15, -0.1) is 0 Å². The first-order chi connectivity index (χ1) is 17.0. The summed E-state index contributed by atoms with van der Waals surface area (Å²) < 4.78 is 0. The molecule has 5 nitrogen and oxygen atoms in total. The van der Waals surface area contributed by atoms with Crippen molar-refractivity contribution >= 4 is 52.0 Å². The third-order valence-corrected chi connectivity index (χ3v) is 6.62. The summed E-state index contributed by atoms with van der Waals surface area (Å²) in [7, 11) is 0. The number of nitrogens with one attached hydrogen (secondary N) is 3. The Morgan fingerprint density at radius 1 is 0.800 bits per heavy atom. The largest absolute Gasteiger partial charge is 0.360 e. The molecule has 4 aromatic carbocycles. The highest BCUT2D eigenvalue weighted by atomic mass is 35.5. The average molecular weight is 502 g/mol. The van der Waals surface area contributed by atoms with Crippen LogP contribution in [0.1, 0.15) is 38.0 Å². The van der Waals surface area contributed by atoms with E-state index < -0.39 is 0 Å². The predicted octanol–water partition coefficient (Wildman–Crippen LogP) is 7.21. The quantitative estimate of drug-likeness (QED) is 0.244. The molecule has 1 aliphatic heterocycles. The second-order valence-electron chi connectivity index (χ2n) is 8.21. The SMILES string of the molecule is O=C(Cc1ccc(C2Nc3ccc(NC(=O)c4ccccc4)c(Cl)c3N2)cc1Cl)c1ccccc1. The second-order valence-corrected chi connectivity index (χ2v) is 8.99. The molecule has 0 saturated carbocycles. The zero-order chi connectivity index (χ0) is 24.4. The Hall–Kier alpha value is -3.80. The van der Waals surface area contributed by atoms with Gasteiger partial charge in [-0.05, 0) is 41.5 Å². The Morgan fingerprint density at radius 3 is 2.17 bits per heavy atom. The summed E-state index contributed by atoms with van der Waals surface area (Å²) in [5, 5.41) is 10.6. The van der Waals surface area contributed by atoms with E-state index in [-0.39, 0.29) is 24.3 Å². The van der Waals surface area contributed by atoms with Crippen LogP contribution >= 0.6 is 23.2 Å². The van der Waals surface area contributed by atoms with E-state index in [1.54, 1.807) is 30.3 Å². The number of ketones is 1. The summed E-state index contributed by atoms with van der Waals surface area (Å²) in [6.07, 6.45) is -0.0375. The van der Waals surface area contributed by atoms with Gasteiger partial charge >= 0.3 is 0 Å². The first kappa shape index (κ1) is 23.0. The van der Waals surface area contributed by atoms with Crippen molar-refractivity contribution in [3.8, 4) is 0 Å².